The van der Waals surface area contributed by atoms with Gasteiger partial charge in [0.05, 0.1) is 5.69 Å². The minimum Gasteiger partial charge on any atom is -0.378 e. The van der Waals surface area contributed by atoms with Gasteiger partial charge in [-0.05, 0) is 55.5 Å². The first-order valence-electron chi connectivity index (χ1n) is 8.62. The van der Waals surface area contributed by atoms with Crippen LogP contribution in [0.5, 0.6) is 0 Å². The summed E-state index contributed by atoms with van der Waals surface area (Å²) in [6.07, 6.45) is 1.65. The van der Waals surface area contributed by atoms with E-state index in [4.69, 9.17) is 21.9 Å². The number of anilines is 3. The van der Waals surface area contributed by atoms with E-state index in [1.54, 1.807) is 31.3 Å². The maximum atomic E-state index is 12.1. The van der Waals surface area contributed by atoms with Crippen LogP contribution in [-0.4, -0.2) is 25.2 Å². The second-order valence-corrected chi connectivity index (χ2v) is 6.93. The van der Waals surface area contributed by atoms with Gasteiger partial charge in [0.2, 0.25) is 0 Å². The monoisotopic (exact) mass is 396 g/mol. The molecule has 3 rings (SSSR count). The average molecular weight is 397 g/mol. The van der Waals surface area contributed by atoms with Gasteiger partial charge in [-0.25, -0.2) is 0 Å². The molecule has 0 aliphatic rings. The van der Waals surface area contributed by atoms with Crippen molar-refractivity contribution in [2.24, 2.45) is 5.73 Å². The molecule has 3 aromatic rings. The van der Waals surface area contributed by atoms with Crippen molar-refractivity contribution in [3.63, 3.8) is 0 Å². The molecule has 0 spiro atoms. The maximum absolute atomic E-state index is 12.1. The first kappa shape index (κ1) is 19.5. The molecule has 0 unspecified atom stereocenters. The molecular formula is C21H21ClN4O2. The van der Waals surface area contributed by atoms with E-state index in [2.05, 4.69) is 5.16 Å². The Morgan fingerprint density at radius 2 is 1.57 bits per heavy atom. The minimum atomic E-state index is -0.611. The summed E-state index contributed by atoms with van der Waals surface area (Å²) in [5.74, 6) is -0.297. The number of carbonyl (C=O) groups excluding carboxylic acids is 1. The van der Waals surface area contributed by atoms with Crippen molar-refractivity contribution in [3.05, 3.63) is 77.3 Å². The van der Waals surface area contributed by atoms with Crippen LogP contribution in [0, 0.1) is 6.92 Å². The number of primary amides is 1. The molecule has 2 N–H and O–H groups in total. The van der Waals surface area contributed by atoms with E-state index in [-0.39, 0.29) is 5.57 Å². The van der Waals surface area contributed by atoms with Crippen LogP contribution in [0.4, 0.5) is 17.1 Å². The number of hydrogen-bond donors (Lipinski definition) is 1. The van der Waals surface area contributed by atoms with Crippen LogP contribution in [-0.2, 0) is 4.79 Å². The summed E-state index contributed by atoms with van der Waals surface area (Å²) in [7, 11) is 3.95. The van der Waals surface area contributed by atoms with E-state index in [1.165, 1.54) is 0 Å². The highest BCUT2D eigenvalue weighted by molar-refractivity contribution is 6.30. The number of halogens is 1. The first-order chi connectivity index (χ1) is 13.3. The zero-order chi connectivity index (χ0) is 20.3. The molecule has 0 fully saturated rings. The SMILES string of the molecule is Cc1cc(/C(=C/N(c2ccc(Cl)cc2)c2ccc(N(C)C)cc2)C(N)=O)on1. The van der Waals surface area contributed by atoms with Gasteiger partial charge in [-0.3, -0.25) is 4.79 Å². The van der Waals surface area contributed by atoms with Crippen LogP contribution in [0.2, 0.25) is 5.02 Å². The van der Waals surface area contributed by atoms with Crippen molar-refractivity contribution in [1.82, 2.24) is 5.16 Å². The summed E-state index contributed by atoms with van der Waals surface area (Å²) in [5, 5.41) is 4.47. The second-order valence-electron chi connectivity index (χ2n) is 6.50. The molecule has 2 aromatic carbocycles. The topological polar surface area (TPSA) is 75.6 Å². The number of benzene rings is 2. The number of nitrogens with two attached hydrogens (primary N) is 1. The fourth-order valence-electron chi connectivity index (χ4n) is 2.68. The molecule has 6 nitrogen and oxygen atoms in total. The summed E-state index contributed by atoms with van der Waals surface area (Å²) in [4.78, 5) is 16.0. The highest BCUT2D eigenvalue weighted by Crippen LogP contribution is 2.31. The van der Waals surface area contributed by atoms with Gasteiger partial charge in [-0.2, -0.15) is 0 Å². The van der Waals surface area contributed by atoms with Crippen LogP contribution in [0.25, 0.3) is 5.57 Å². The van der Waals surface area contributed by atoms with Gasteiger partial charge in [0, 0.05) is 48.4 Å². The smallest absolute Gasteiger partial charge is 0.254 e. The fraction of sp³-hybridized carbons (Fsp3) is 0.143. The number of aromatic nitrogens is 1. The Labute approximate surface area is 168 Å². The van der Waals surface area contributed by atoms with Crippen molar-refractivity contribution in [1.29, 1.82) is 0 Å². The van der Waals surface area contributed by atoms with E-state index < -0.39 is 5.91 Å². The Balaban J connectivity index is 2.12. The predicted octanol–water partition coefficient (Wildman–Crippen LogP) is 4.37. The molecule has 1 heterocycles. The summed E-state index contributed by atoms with van der Waals surface area (Å²) in [6, 6.07) is 16.9. The quantitative estimate of drug-likeness (QED) is 0.626. The third-order valence-electron chi connectivity index (χ3n) is 4.17. The molecule has 0 saturated carbocycles. The van der Waals surface area contributed by atoms with Gasteiger partial charge in [0.25, 0.3) is 5.91 Å². The lowest BCUT2D eigenvalue weighted by atomic mass is 10.1. The molecular weight excluding hydrogens is 376 g/mol. The Morgan fingerprint density at radius 1 is 1.04 bits per heavy atom. The van der Waals surface area contributed by atoms with E-state index in [0.717, 1.165) is 17.1 Å². The molecule has 0 bridgehead atoms. The molecule has 144 valence electrons. The van der Waals surface area contributed by atoms with Gasteiger partial charge >= 0.3 is 0 Å². The highest BCUT2D eigenvalue weighted by Gasteiger charge is 2.17. The second kappa shape index (κ2) is 8.19. The zero-order valence-electron chi connectivity index (χ0n) is 15.9. The molecule has 0 aliphatic carbocycles. The number of hydrogen-bond acceptors (Lipinski definition) is 5. The normalized spacial score (nSPS) is 11.4. The lowest BCUT2D eigenvalue weighted by Gasteiger charge is -2.23. The molecule has 0 radical (unpaired) electrons. The third kappa shape index (κ3) is 4.35. The van der Waals surface area contributed by atoms with E-state index in [1.807, 2.05) is 60.3 Å². The van der Waals surface area contributed by atoms with Crippen molar-refractivity contribution < 1.29 is 9.32 Å². The van der Waals surface area contributed by atoms with Gasteiger partial charge < -0.3 is 20.1 Å². The van der Waals surface area contributed by atoms with Crippen LogP contribution in [0.15, 0.2) is 65.3 Å². The summed E-state index contributed by atoms with van der Waals surface area (Å²) >= 11 is 6.04. The van der Waals surface area contributed by atoms with Crippen LogP contribution >= 0.6 is 11.6 Å². The number of amides is 1. The Hall–Kier alpha value is -3.25. The summed E-state index contributed by atoms with van der Waals surface area (Å²) in [6.45, 7) is 1.78. The average Bonchev–Trinajstić information content (AvgIpc) is 3.09. The largest absolute Gasteiger partial charge is 0.378 e. The minimum absolute atomic E-state index is 0.215. The van der Waals surface area contributed by atoms with Crippen molar-refractivity contribution in [2.45, 2.75) is 6.92 Å². The van der Waals surface area contributed by atoms with E-state index >= 15 is 0 Å². The number of nitrogens with zero attached hydrogens (tertiary/aromatic N) is 3. The predicted molar refractivity (Wildman–Crippen MR) is 113 cm³/mol. The molecule has 7 heteroatoms. The molecule has 0 saturated heterocycles. The first-order valence-corrected chi connectivity index (χ1v) is 9.00. The highest BCUT2D eigenvalue weighted by atomic mass is 35.5. The molecule has 0 aliphatic heterocycles. The molecule has 28 heavy (non-hydrogen) atoms. The summed E-state index contributed by atoms with van der Waals surface area (Å²) < 4.78 is 5.26. The van der Waals surface area contributed by atoms with Gasteiger partial charge in [-0.1, -0.05) is 16.8 Å². The standard InChI is InChI=1S/C21H21ClN4O2/c1-14-12-20(28-24-14)19(21(23)27)13-26(17-6-4-15(22)5-7-17)18-10-8-16(9-11-18)25(2)3/h4-13H,1-3H3,(H2,23,27)/b19-13-. The van der Waals surface area contributed by atoms with Crippen molar-refractivity contribution >= 4 is 40.1 Å². The lowest BCUT2D eigenvalue weighted by molar-refractivity contribution is -0.112. The zero-order valence-corrected chi connectivity index (χ0v) is 16.6. The van der Waals surface area contributed by atoms with Crippen molar-refractivity contribution in [3.8, 4) is 0 Å². The van der Waals surface area contributed by atoms with Crippen LogP contribution < -0.4 is 15.5 Å². The number of rotatable bonds is 6. The Bertz CT molecular complexity index is 992. The lowest BCUT2D eigenvalue weighted by Crippen LogP contribution is -2.17. The summed E-state index contributed by atoms with van der Waals surface area (Å²) in [5.41, 5.74) is 9.23. The van der Waals surface area contributed by atoms with E-state index in [0.29, 0.717) is 16.5 Å². The van der Waals surface area contributed by atoms with Gasteiger partial charge in [0.15, 0.2) is 5.76 Å². The molecule has 1 amide bonds. The Kier molecular flexibility index (Phi) is 5.70. The molecule has 1 aromatic heterocycles. The maximum Gasteiger partial charge on any atom is 0.254 e. The van der Waals surface area contributed by atoms with Gasteiger partial charge in [-0.15, -0.1) is 0 Å². The third-order valence-corrected chi connectivity index (χ3v) is 4.42. The van der Waals surface area contributed by atoms with Gasteiger partial charge in [0.1, 0.15) is 5.57 Å². The van der Waals surface area contributed by atoms with E-state index in [9.17, 15) is 4.79 Å². The van der Waals surface area contributed by atoms with Crippen molar-refractivity contribution in [2.75, 3.05) is 23.9 Å². The number of aryl methyl sites for hydroxylation is 1. The van der Waals surface area contributed by atoms with Crippen LogP contribution in [0.3, 0.4) is 0 Å². The van der Waals surface area contributed by atoms with Crippen LogP contribution in [0.1, 0.15) is 11.5 Å². The fourth-order valence-corrected chi connectivity index (χ4v) is 2.81. The number of carbonyl (C=O) groups is 1. The Morgan fingerprint density at radius 3 is 2.04 bits per heavy atom. The molecule has 0 atom stereocenters.